The number of halogens is 1. The first-order valence-electron chi connectivity index (χ1n) is 6.29. The van der Waals surface area contributed by atoms with Crippen LogP contribution in [0, 0.1) is 0 Å². The zero-order valence-corrected chi connectivity index (χ0v) is 14.2. The molecule has 0 unspecified atom stereocenters. The average Bonchev–Trinajstić information content (AvgIpc) is 2.99. The van der Waals surface area contributed by atoms with Gasteiger partial charge >= 0.3 is 0 Å². The number of hydrogen-bond acceptors (Lipinski definition) is 4. The van der Waals surface area contributed by atoms with E-state index in [0.717, 1.165) is 9.35 Å². The van der Waals surface area contributed by atoms with E-state index in [9.17, 15) is 9.59 Å². The van der Waals surface area contributed by atoms with E-state index in [1.54, 1.807) is 30.4 Å². The maximum atomic E-state index is 12.6. The third kappa shape index (κ3) is 3.84. The van der Waals surface area contributed by atoms with Crippen molar-refractivity contribution in [3.05, 3.63) is 42.9 Å². The molecule has 0 radical (unpaired) electrons. The van der Waals surface area contributed by atoms with Crippen molar-refractivity contribution >= 4 is 33.2 Å². The SMILES string of the molecule is COCCN(Cc1sccc1Br)C(=O)c1cc(=O)[nH]n1C. The molecule has 0 aliphatic heterocycles. The number of ether oxygens (including phenoxy) is 1. The summed E-state index contributed by atoms with van der Waals surface area (Å²) >= 11 is 5.04. The van der Waals surface area contributed by atoms with E-state index in [1.165, 1.54) is 10.7 Å². The second kappa shape index (κ2) is 7.06. The minimum Gasteiger partial charge on any atom is -0.383 e. The normalized spacial score (nSPS) is 10.8. The third-order valence-corrected chi connectivity index (χ3v) is 4.92. The number of carbonyl (C=O) groups is 1. The van der Waals surface area contributed by atoms with E-state index in [1.807, 2.05) is 11.4 Å². The van der Waals surface area contributed by atoms with Crippen LogP contribution < -0.4 is 5.56 Å². The predicted octanol–water partition coefficient (Wildman–Crippen LogP) is 1.83. The maximum Gasteiger partial charge on any atom is 0.272 e. The van der Waals surface area contributed by atoms with Gasteiger partial charge in [-0.15, -0.1) is 11.3 Å². The fourth-order valence-electron chi connectivity index (χ4n) is 1.91. The van der Waals surface area contributed by atoms with Crippen molar-refractivity contribution in [3.63, 3.8) is 0 Å². The fourth-order valence-corrected chi connectivity index (χ4v) is 3.40. The van der Waals surface area contributed by atoms with Crippen LogP contribution in [0.15, 0.2) is 26.8 Å². The molecule has 0 aliphatic carbocycles. The Balaban J connectivity index is 2.23. The quantitative estimate of drug-likeness (QED) is 0.839. The van der Waals surface area contributed by atoms with Crippen molar-refractivity contribution in [3.8, 4) is 0 Å². The lowest BCUT2D eigenvalue weighted by Crippen LogP contribution is -2.34. The molecule has 0 bridgehead atoms. The van der Waals surface area contributed by atoms with Gasteiger partial charge in [0.05, 0.1) is 13.2 Å². The largest absolute Gasteiger partial charge is 0.383 e. The molecule has 0 aromatic carbocycles. The van der Waals surface area contributed by atoms with Crippen LogP contribution in [0.2, 0.25) is 0 Å². The maximum absolute atomic E-state index is 12.6. The molecule has 8 heteroatoms. The van der Waals surface area contributed by atoms with Gasteiger partial charge < -0.3 is 9.64 Å². The van der Waals surface area contributed by atoms with Gasteiger partial charge in [-0.2, -0.15) is 0 Å². The van der Waals surface area contributed by atoms with Crippen LogP contribution in [0.5, 0.6) is 0 Å². The molecule has 2 rings (SSSR count). The molecule has 0 saturated heterocycles. The van der Waals surface area contributed by atoms with Gasteiger partial charge in [0.15, 0.2) is 0 Å². The molecular formula is C13H16BrN3O3S. The summed E-state index contributed by atoms with van der Waals surface area (Å²) in [5, 5.41) is 4.51. The summed E-state index contributed by atoms with van der Waals surface area (Å²) in [4.78, 5) is 26.7. The Kier molecular flexibility index (Phi) is 5.38. The van der Waals surface area contributed by atoms with Crippen LogP contribution in [-0.2, 0) is 18.3 Å². The minimum absolute atomic E-state index is 0.201. The lowest BCUT2D eigenvalue weighted by Gasteiger charge is -2.22. The van der Waals surface area contributed by atoms with Crippen LogP contribution in [0.1, 0.15) is 15.4 Å². The fraction of sp³-hybridized carbons (Fsp3) is 0.385. The molecule has 2 heterocycles. The molecule has 0 atom stereocenters. The predicted molar refractivity (Wildman–Crippen MR) is 84.7 cm³/mol. The monoisotopic (exact) mass is 373 g/mol. The van der Waals surface area contributed by atoms with Gasteiger partial charge in [-0.1, -0.05) is 0 Å². The molecule has 21 heavy (non-hydrogen) atoms. The lowest BCUT2D eigenvalue weighted by atomic mass is 10.3. The molecule has 114 valence electrons. The minimum atomic E-state index is -0.287. The number of amides is 1. The Hall–Kier alpha value is -1.38. The number of H-pyrrole nitrogens is 1. The van der Waals surface area contributed by atoms with E-state index < -0.39 is 0 Å². The molecule has 0 saturated carbocycles. The highest BCUT2D eigenvalue weighted by Crippen LogP contribution is 2.24. The highest BCUT2D eigenvalue weighted by atomic mass is 79.9. The van der Waals surface area contributed by atoms with Gasteiger partial charge in [-0.3, -0.25) is 19.4 Å². The van der Waals surface area contributed by atoms with Crippen LogP contribution in [0.25, 0.3) is 0 Å². The molecule has 1 N–H and O–H groups in total. The van der Waals surface area contributed by atoms with E-state index in [0.29, 0.717) is 25.4 Å². The lowest BCUT2D eigenvalue weighted by molar-refractivity contribution is 0.0671. The molecular weight excluding hydrogens is 358 g/mol. The van der Waals surface area contributed by atoms with Crippen molar-refractivity contribution in [2.24, 2.45) is 7.05 Å². The summed E-state index contributed by atoms with van der Waals surface area (Å²) in [6, 6.07) is 3.26. The summed E-state index contributed by atoms with van der Waals surface area (Å²) in [5.41, 5.74) is 0.0497. The van der Waals surface area contributed by atoms with Crippen LogP contribution in [-0.4, -0.2) is 40.8 Å². The van der Waals surface area contributed by atoms with Gasteiger partial charge in [0.2, 0.25) is 0 Å². The molecule has 0 spiro atoms. The summed E-state index contributed by atoms with van der Waals surface area (Å²) < 4.78 is 7.48. The Morgan fingerprint density at radius 3 is 2.86 bits per heavy atom. The van der Waals surface area contributed by atoms with Gasteiger partial charge in [-0.05, 0) is 27.4 Å². The van der Waals surface area contributed by atoms with E-state index in [-0.39, 0.29) is 11.5 Å². The third-order valence-electron chi connectivity index (χ3n) is 3.00. The number of carbonyl (C=O) groups excluding carboxylic acids is 1. The van der Waals surface area contributed by atoms with Crippen LogP contribution >= 0.6 is 27.3 Å². The van der Waals surface area contributed by atoms with Crippen LogP contribution in [0.3, 0.4) is 0 Å². The van der Waals surface area contributed by atoms with Crippen molar-refractivity contribution in [2.75, 3.05) is 20.3 Å². The number of thiophene rings is 1. The summed E-state index contributed by atoms with van der Waals surface area (Å²) in [6.45, 7) is 1.37. The zero-order chi connectivity index (χ0) is 15.4. The van der Waals surface area contributed by atoms with Crippen molar-refractivity contribution in [2.45, 2.75) is 6.54 Å². The Labute approximate surface area is 134 Å². The van der Waals surface area contributed by atoms with Gasteiger partial charge in [-0.25, -0.2) is 0 Å². The standard InChI is InChI=1S/C13H16BrN3O3S/c1-16-10(7-12(18)15-16)13(19)17(4-5-20-2)8-11-9(14)3-6-21-11/h3,6-7H,4-5,8H2,1-2H3,(H,15,18). The first-order valence-corrected chi connectivity index (χ1v) is 7.96. The highest BCUT2D eigenvalue weighted by Gasteiger charge is 2.20. The Morgan fingerprint density at radius 1 is 1.57 bits per heavy atom. The molecule has 6 nitrogen and oxygen atoms in total. The number of nitrogens with zero attached hydrogens (tertiary/aromatic N) is 2. The van der Waals surface area contributed by atoms with E-state index >= 15 is 0 Å². The molecule has 0 fully saturated rings. The first-order chi connectivity index (χ1) is 10.0. The van der Waals surface area contributed by atoms with Crippen molar-refractivity contribution in [1.29, 1.82) is 0 Å². The summed E-state index contributed by atoms with van der Waals surface area (Å²) in [5.74, 6) is -0.201. The number of methoxy groups -OCH3 is 1. The number of rotatable bonds is 6. The van der Waals surface area contributed by atoms with E-state index in [2.05, 4.69) is 21.0 Å². The Morgan fingerprint density at radius 2 is 2.33 bits per heavy atom. The average molecular weight is 374 g/mol. The van der Waals surface area contributed by atoms with Gasteiger partial charge in [0, 0.05) is 36.1 Å². The molecule has 1 amide bonds. The van der Waals surface area contributed by atoms with Gasteiger partial charge in [0.1, 0.15) is 5.69 Å². The van der Waals surface area contributed by atoms with Crippen molar-refractivity contribution in [1.82, 2.24) is 14.7 Å². The Bertz CT molecular complexity index is 676. The van der Waals surface area contributed by atoms with Crippen LogP contribution in [0.4, 0.5) is 0 Å². The molecule has 2 aromatic heterocycles. The molecule has 0 aliphatic rings. The van der Waals surface area contributed by atoms with E-state index in [4.69, 9.17) is 4.74 Å². The zero-order valence-electron chi connectivity index (χ0n) is 11.8. The number of aromatic amines is 1. The highest BCUT2D eigenvalue weighted by molar-refractivity contribution is 9.10. The number of hydrogen-bond donors (Lipinski definition) is 1. The summed E-state index contributed by atoms with van der Waals surface area (Å²) in [7, 11) is 3.24. The number of aryl methyl sites for hydroxylation is 1. The van der Waals surface area contributed by atoms with Gasteiger partial charge in [0.25, 0.3) is 11.5 Å². The number of nitrogens with one attached hydrogen (secondary N) is 1. The smallest absolute Gasteiger partial charge is 0.272 e. The molecule has 2 aromatic rings. The first kappa shape index (κ1) is 16.0. The second-order valence-corrected chi connectivity index (χ2v) is 6.33. The second-order valence-electron chi connectivity index (χ2n) is 4.48. The van der Waals surface area contributed by atoms with Crippen molar-refractivity contribution < 1.29 is 9.53 Å². The summed E-state index contributed by atoms with van der Waals surface area (Å²) in [6.07, 6.45) is 0. The number of aromatic nitrogens is 2. The topological polar surface area (TPSA) is 67.3 Å².